The van der Waals surface area contributed by atoms with Crippen LogP contribution in [0.5, 0.6) is 0 Å². The second kappa shape index (κ2) is 8.23. The number of ether oxygens (including phenoxy) is 1. The van der Waals surface area contributed by atoms with E-state index in [1.165, 1.54) is 6.92 Å². The first-order valence-corrected chi connectivity index (χ1v) is 8.35. The zero-order valence-electron chi connectivity index (χ0n) is 12.2. The van der Waals surface area contributed by atoms with Crippen LogP contribution in [0.1, 0.15) is 6.92 Å². The molecule has 0 heterocycles. The number of benzene rings is 1. The predicted molar refractivity (Wildman–Crippen MR) is 83.2 cm³/mol. The minimum absolute atomic E-state index is 0.0451. The maximum atomic E-state index is 11.6. The molecular formula is C13H19N3O5S. The van der Waals surface area contributed by atoms with Crippen LogP contribution in [-0.2, 0) is 19.4 Å². The van der Waals surface area contributed by atoms with Crippen LogP contribution in [0.4, 0.5) is 16.2 Å². The average Bonchev–Trinajstić information content (AvgIpc) is 2.37. The van der Waals surface area contributed by atoms with Crippen molar-refractivity contribution in [2.45, 2.75) is 6.92 Å². The lowest BCUT2D eigenvalue weighted by molar-refractivity contribution is -0.140. The zero-order chi connectivity index (χ0) is 16.6. The van der Waals surface area contributed by atoms with Crippen LogP contribution >= 0.6 is 0 Å². The number of esters is 1. The molecule has 0 unspecified atom stereocenters. The van der Waals surface area contributed by atoms with Gasteiger partial charge in [0.15, 0.2) is 9.84 Å². The predicted octanol–water partition coefficient (Wildman–Crippen LogP) is 0.368. The molecule has 0 aliphatic carbocycles. The van der Waals surface area contributed by atoms with Gasteiger partial charge in [-0.3, -0.25) is 4.79 Å². The van der Waals surface area contributed by atoms with Crippen molar-refractivity contribution >= 4 is 33.2 Å². The Morgan fingerprint density at radius 2 is 2.00 bits per heavy atom. The van der Waals surface area contributed by atoms with E-state index in [-0.39, 0.29) is 24.7 Å². The van der Waals surface area contributed by atoms with E-state index < -0.39 is 21.8 Å². The summed E-state index contributed by atoms with van der Waals surface area (Å²) in [6, 6.07) is 6.07. The van der Waals surface area contributed by atoms with Gasteiger partial charge in [0.25, 0.3) is 0 Å². The molecule has 0 bridgehead atoms. The van der Waals surface area contributed by atoms with Gasteiger partial charge in [-0.05, 0) is 18.2 Å². The molecule has 4 N–H and O–H groups in total. The highest BCUT2D eigenvalue weighted by Gasteiger charge is 2.12. The van der Waals surface area contributed by atoms with Crippen LogP contribution in [-0.4, -0.2) is 45.1 Å². The lowest BCUT2D eigenvalue weighted by Crippen LogP contribution is -2.33. The average molecular weight is 329 g/mol. The topological polar surface area (TPSA) is 128 Å². The summed E-state index contributed by atoms with van der Waals surface area (Å²) >= 11 is 0. The van der Waals surface area contributed by atoms with Crippen molar-refractivity contribution < 1.29 is 22.7 Å². The Balaban J connectivity index is 2.31. The Kier molecular flexibility index (Phi) is 6.64. The molecule has 1 aromatic carbocycles. The van der Waals surface area contributed by atoms with Gasteiger partial charge in [0, 0.05) is 24.8 Å². The van der Waals surface area contributed by atoms with Crippen LogP contribution in [0, 0.1) is 0 Å². The molecule has 8 nitrogen and oxygen atoms in total. The number of urea groups is 1. The minimum Gasteiger partial charge on any atom is -0.465 e. The maximum Gasteiger partial charge on any atom is 0.319 e. The molecule has 1 rings (SSSR count). The maximum absolute atomic E-state index is 11.6. The van der Waals surface area contributed by atoms with Gasteiger partial charge in [-0.1, -0.05) is 6.07 Å². The summed E-state index contributed by atoms with van der Waals surface area (Å²) in [5.74, 6) is -1.04. The number of carbonyl (C=O) groups is 2. The number of hydrogen-bond acceptors (Lipinski definition) is 6. The minimum atomic E-state index is -3.39. The van der Waals surface area contributed by atoms with E-state index in [4.69, 9.17) is 5.73 Å². The Morgan fingerprint density at radius 1 is 1.27 bits per heavy atom. The first kappa shape index (κ1) is 17.8. The van der Waals surface area contributed by atoms with Gasteiger partial charge >= 0.3 is 12.0 Å². The van der Waals surface area contributed by atoms with Crippen LogP contribution < -0.4 is 16.4 Å². The van der Waals surface area contributed by atoms with Gasteiger partial charge in [-0.25, -0.2) is 13.2 Å². The molecule has 22 heavy (non-hydrogen) atoms. The summed E-state index contributed by atoms with van der Waals surface area (Å²) in [6.07, 6.45) is 0. The first-order chi connectivity index (χ1) is 10.3. The van der Waals surface area contributed by atoms with Crippen LogP contribution in [0.25, 0.3) is 0 Å². The van der Waals surface area contributed by atoms with E-state index in [9.17, 15) is 18.0 Å². The van der Waals surface area contributed by atoms with Crippen molar-refractivity contribution in [1.82, 2.24) is 5.32 Å². The Labute approximate surface area is 128 Å². The molecule has 0 fully saturated rings. The molecule has 1 aromatic rings. The molecule has 2 amide bonds. The number of amides is 2. The van der Waals surface area contributed by atoms with Crippen molar-refractivity contribution in [2.24, 2.45) is 0 Å². The quantitative estimate of drug-likeness (QED) is 0.490. The highest BCUT2D eigenvalue weighted by atomic mass is 32.2. The van der Waals surface area contributed by atoms with Crippen molar-refractivity contribution in [1.29, 1.82) is 0 Å². The second-order valence-corrected chi connectivity index (χ2v) is 6.80. The SMILES string of the molecule is CC(=O)OCCS(=O)(=O)CCNC(=O)Nc1cccc(N)c1. The molecule has 122 valence electrons. The monoisotopic (exact) mass is 329 g/mol. The van der Waals surface area contributed by atoms with Gasteiger partial charge in [0.05, 0.1) is 11.5 Å². The lowest BCUT2D eigenvalue weighted by atomic mass is 10.3. The number of nitrogens with one attached hydrogen (secondary N) is 2. The van der Waals surface area contributed by atoms with E-state index in [1.807, 2.05) is 0 Å². The number of hydrogen-bond donors (Lipinski definition) is 3. The number of nitrogen functional groups attached to an aromatic ring is 1. The largest absolute Gasteiger partial charge is 0.465 e. The van der Waals surface area contributed by atoms with E-state index in [0.717, 1.165) is 0 Å². The second-order valence-electron chi connectivity index (χ2n) is 4.50. The molecule has 0 spiro atoms. The van der Waals surface area contributed by atoms with Gasteiger partial charge in [0.1, 0.15) is 6.61 Å². The van der Waals surface area contributed by atoms with Crippen molar-refractivity contribution in [3.8, 4) is 0 Å². The fraction of sp³-hybridized carbons (Fsp3) is 0.385. The van der Waals surface area contributed by atoms with E-state index in [1.54, 1.807) is 24.3 Å². The summed E-state index contributed by atoms with van der Waals surface area (Å²) in [5.41, 5.74) is 6.59. The van der Waals surface area contributed by atoms with Crippen molar-refractivity contribution in [2.75, 3.05) is 35.7 Å². The van der Waals surface area contributed by atoms with Crippen molar-refractivity contribution in [3.63, 3.8) is 0 Å². The highest BCUT2D eigenvalue weighted by Crippen LogP contribution is 2.11. The van der Waals surface area contributed by atoms with Gasteiger partial charge in [-0.2, -0.15) is 0 Å². The summed E-state index contributed by atoms with van der Waals surface area (Å²) in [5, 5.41) is 4.96. The van der Waals surface area contributed by atoms with Crippen LogP contribution in [0.2, 0.25) is 0 Å². The summed E-state index contributed by atoms with van der Waals surface area (Å²) in [7, 11) is -3.39. The van der Waals surface area contributed by atoms with Gasteiger partial charge < -0.3 is 21.1 Å². The number of nitrogens with two attached hydrogens (primary N) is 1. The number of rotatable bonds is 7. The molecule has 0 atom stereocenters. The highest BCUT2D eigenvalue weighted by molar-refractivity contribution is 7.91. The summed E-state index contributed by atoms with van der Waals surface area (Å²) < 4.78 is 27.8. The molecule has 9 heteroatoms. The third kappa shape index (κ3) is 7.48. The van der Waals surface area contributed by atoms with E-state index in [0.29, 0.717) is 11.4 Å². The standard InChI is InChI=1S/C13H19N3O5S/c1-10(17)21-6-8-22(19,20)7-5-15-13(18)16-12-4-2-3-11(14)9-12/h2-4,9H,5-8,14H2,1H3,(H2,15,16,18). The number of anilines is 2. The number of carbonyl (C=O) groups excluding carboxylic acids is 2. The van der Waals surface area contributed by atoms with Crippen LogP contribution in [0.3, 0.4) is 0 Å². The zero-order valence-corrected chi connectivity index (χ0v) is 13.0. The fourth-order valence-electron chi connectivity index (χ4n) is 1.53. The third-order valence-corrected chi connectivity index (χ3v) is 4.16. The Hall–Kier alpha value is -2.29. The Morgan fingerprint density at radius 3 is 2.64 bits per heavy atom. The van der Waals surface area contributed by atoms with Gasteiger partial charge in [0.2, 0.25) is 0 Å². The van der Waals surface area contributed by atoms with Crippen LogP contribution in [0.15, 0.2) is 24.3 Å². The summed E-state index contributed by atoms with van der Waals surface area (Å²) in [4.78, 5) is 22.1. The molecule has 0 saturated heterocycles. The van der Waals surface area contributed by atoms with Crippen molar-refractivity contribution in [3.05, 3.63) is 24.3 Å². The third-order valence-electron chi connectivity index (χ3n) is 2.54. The smallest absolute Gasteiger partial charge is 0.319 e. The lowest BCUT2D eigenvalue weighted by Gasteiger charge is -2.08. The molecular weight excluding hydrogens is 310 g/mol. The molecule has 0 saturated carbocycles. The summed E-state index contributed by atoms with van der Waals surface area (Å²) in [6.45, 7) is 0.971. The Bertz CT molecular complexity index is 630. The van der Waals surface area contributed by atoms with E-state index >= 15 is 0 Å². The van der Waals surface area contributed by atoms with E-state index in [2.05, 4.69) is 15.4 Å². The normalized spacial score (nSPS) is 10.8. The molecule has 0 aromatic heterocycles. The fourth-order valence-corrected chi connectivity index (χ4v) is 2.48. The number of sulfone groups is 1. The molecule has 0 aliphatic rings. The first-order valence-electron chi connectivity index (χ1n) is 6.53. The molecule has 0 aliphatic heterocycles. The van der Waals surface area contributed by atoms with Gasteiger partial charge in [-0.15, -0.1) is 0 Å². The molecule has 0 radical (unpaired) electrons.